The van der Waals surface area contributed by atoms with Crippen molar-refractivity contribution in [2.45, 2.75) is 51.5 Å². The van der Waals surface area contributed by atoms with Gasteiger partial charge in [-0.05, 0) is 31.6 Å². The van der Waals surface area contributed by atoms with Crippen LogP contribution < -0.4 is 5.32 Å². The summed E-state index contributed by atoms with van der Waals surface area (Å²) in [5, 5.41) is 3.62. The zero-order valence-electron chi connectivity index (χ0n) is 8.73. The van der Waals surface area contributed by atoms with E-state index in [0.29, 0.717) is 11.5 Å². The largest absolute Gasteiger partial charge is 0.310 e. The highest BCUT2D eigenvalue weighted by atomic mass is 15.0. The molecule has 2 rings (SSSR count). The van der Waals surface area contributed by atoms with Crippen molar-refractivity contribution in [3.05, 3.63) is 12.2 Å². The van der Waals surface area contributed by atoms with E-state index in [9.17, 15) is 0 Å². The van der Waals surface area contributed by atoms with Crippen molar-refractivity contribution in [3.63, 3.8) is 0 Å². The summed E-state index contributed by atoms with van der Waals surface area (Å²) in [5.41, 5.74) is 1.98. The van der Waals surface area contributed by atoms with E-state index in [1.165, 1.54) is 50.6 Å². The van der Waals surface area contributed by atoms with Gasteiger partial charge in [0.05, 0.1) is 0 Å². The molecule has 0 aromatic rings. The van der Waals surface area contributed by atoms with Gasteiger partial charge in [-0.3, -0.25) is 0 Å². The highest BCUT2D eigenvalue weighted by molar-refractivity contribution is 5.09. The molecular formula is C12H21N. The molecule has 0 aromatic heterocycles. The summed E-state index contributed by atoms with van der Waals surface area (Å²) in [7, 11) is 0. The van der Waals surface area contributed by atoms with Crippen molar-refractivity contribution in [2.75, 3.05) is 6.54 Å². The van der Waals surface area contributed by atoms with Gasteiger partial charge in [-0.2, -0.15) is 0 Å². The number of rotatable bonds is 1. The molecule has 2 aliphatic rings. The van der Waals surface area contributed by atoms with Gasteiger partial charge in [0.15, 0.2) is 0 Å². The van der Waals surface area contributed by atoms with Gasteiger partial charge in [-0.1, -0.05) is 31.4 Å². The molecule has 1 spiro atoms. The first kappa shape index (κ1) is 9.26. The molecule has 0 bridgehead atoms. The van der Waals surface area contributed by atoms with Gasteiger partial charge in [0.2, 0.25) is 0 Å². The molecule has 1 aliphatic heterocycles. The van der Waals surface area contributed by atoms with Crippen molar-refractivity contribution >= 4 is 0 Å². The van der Waals surface area contributed by atoms with E-state index in [1.54, 1.807) is 0 Å². The molecule has 0 radical (unpaired) electrons. The Hall–Kier alpha value is -0.300. The van der Waals surface area contributed by atoms with Crippen LogP contribution in [0.2, 0.25) is 0 Å². The molecule has 74 valence electrons. The quantitative estimate of drug-likeness (QED) is 0.610. The fraction of sp³-hybridized carbons (Fsp3) is 0.833. The van der Waals surface area contributed by atoms with E-state index in [0.717, 1.165) is 0 Å². The molecule has 0 amide bonds. The minimum atomic E-state index is 0.609. The van der Waals surface area contributed by atoms with Crippen LogP contribution in [0.5, 0.6) is 0 Å². The number of hydrogen-bond donors (Lipinski definition) is 1. The first-order chi connectivity index (χ1) is 6.22. The molecule has 2 fully saturated rings. The highest BCUT2D eigenvalue weighted by Crippen LogP contribution is 2.43. The van der Waals surface area contributed by atoms with Crippen LogP contribution in [0.1, 0.15) is 45.4 Å². The van der Waals surface area contributed by atoms with Crippen LogP contribution in [0.4, 0.5) is 0 Å². The van der Waals surface area contributed by atoms with E-state index in [4.69, 9.17) is 0 Å². The lowest BCUT2D eigenvalue weighted by Gasteiger charge is -2.32. The molecule has 0 aromatic carbocycles. The van der Waals surface area contributed by atoms with Crippen molar-refractivity contribution in [1.82, 2.24) is 5.32 Å². The normalized spacial score (nSPS) is 32.2. The Labute approximate surface area is 81.6 Å². The van der Waals surface area contributed by atoms with Crippen LogP contribution in [-0.4, -0.2) is 12.6 Å². The van der Waals surface area contributed by atoms with Crippen LogP contribution in [-0.2, 0) is 0 Å². The third kappa shape index (κ3) is 1.80. The third-order valence-corrected chi connectivity index (χ3v) is 3.87. The minimum absolute atomic E-state index is 0.609. The Bertz CT molecular complexity index is 201. The maximum atomic E-state index is 4.05. The molecule has 1 nitrogen and oxygen atoms in total. The van der Waals surface area contributed by atoms with Crippen molar-refractivity contribution in [1.29, 1.82) is 0 Å². The maximum Gasteiger partial charge on any atom is 0.0280 e. The van der Waals surface area contributed by atoms with Gasteiger partial charge in [0.1, 0.15) is 0 Å². The van der Waals surface area contributed by atoms with Crippen molar-refractivity contribution in [2.24, 2.45) is 5.41 Å². The fourth-order valence-electron chi connectivity index (χ4n) is 2.95. The molecule has 1 atom stereocenters. The van der Waals surface area contributed by atoms with Gasteiger partial charge in [-0.25, -0.2) is 0 Å². The van der Waals surface area contributed by atoms with E-state index in [-0.39, 0.29) is 0 Å². The topological polar surface area (TPSA) is 12.0 Å². The molecule has 1 aliphatic carbocycles. The molecule has 1 saturated carbocycles. The van der Waals surface area contributed by atoms with Crippen LogP contribution in [0, 0.1) is 5.41 Å². The summed E-state index contributed by atoms with van der Waals surface area (Å²) >= 11 is 0. The summed E-state index contributed by atoms with van der Waals surface area (Å²) < 4.78 is 0. The monoisotopic (exact) mass is 179 g/mol. The second kappa shape index (κ2) is 3.45. The average molecular weight is 179 g/mol. The maximum absolute atomic E-state index is 4.05. The number of nitrogens with one attached hydrogen (secondary N) is 1. The molecule has 13 heavy (non-hydrogen) atoms. The second-order valence-electron chi connectivity index (χ2n) is 5.04. The Morgan fingerprint density at radius 2 is 2.00 bits per heavy atom. The fourth-order valence-corrected chi connectivity index (χ4v) is 2.95. The predicted molar refractivity (Wildman–Crippen MR) is 56.7 cm³/mol. The summed E-state index contributed by atoms with van der Waals surface area (Å²) in [6, 6.07) is 0.609. The number of hydrogen-bond acceptors (Lipinski definition) is 1. The van der Waals surface area contributed by atoms with Gasteiger partial charge in [0, 0.05) is 12.6 Å². The molecule has 1 N–H and O–H groups in total. The summed E-state index contributed by atoms with van der Waals surface area (Å²) in [4.78, 5) is 0. The van der Waals surface area contributed by atoms with E-state index in [1.807, 2.05) is 0 Å². The van der Waals surface area contributed by atoms with Gasteiger partial charge < -0.3 is 5.32 Å². The van der Waals surface area contributed by atoms with E-state index >= 15 is 0 Å². The Balaban J connectivity index is 1.98. The Morgan fingerprint density at radius 3 is 2.54 bits per heavy atom. The Kier molecular flexibility index (Phi) is 2.46. The minimum Gasteiger partial charge on any atom is -0.310 e. The standard InChI is InChI=1S/C12H21N/c1-10(2)11-8-12(9-13-11)6-4-3-5-7-12/h11,13H,1,3-9H2,2H3. The van der Waals surface area contributed by atoms with E-state index < -0.39 is 0 Å². The van der Waals surface area contributed by atoms with Crippen LogP contribution >= 0.6 is 0 Å². The zero-order chi connectivity index (χ0) is 9.31. The Morgan fingerprint density at radius 1 is 1.31 bits per heavy atom. The average Bonchev–Trinajstić information content (AvgIpc) is 2.51. The summed E-state index contributed by atoms with van der Waals surface area (Å²) in [5.74, 6) is 0. The molecular weight excluding hydrogens is 158 g/mol. The van der Waals surface area contributed by atoms with E-state index in [2.05, 4.69) is 18.8 Å². The molecule has 1 unspecified atom stereocenters. The lowest BCUT2D eigenvalue weighted by molar-refractivity contribution is 0.213. The SMILES string of the molecule is C=C(C)C1CC2(CCCCC2)CN1. The predicted octanol–water partition coefficient (Wildman–Crippen LogP) is 2.87. The smallest absolute Gasteiger partial charge is 0.0280 e. The van der Waals surface area contributed by atoms with Crippen molar-refractivity contribution in [3.8, 4) is 0 Å². The van der Waals surface area contributed by atoms with Gasteiger partial charge in [-0.15, -0.1) is 0 Å². The van der Waals surface area contributed by atoms with Gasteiger partial charge in [0.25, 0.3) is 0 Å². The zero-order valence-corrected chi connectivity index (χ0v) is 8.73. The van der Waals surface area contributed by atoms with Crippen LogP contribution in [0.25, 0.3) is 0 Å². The van der Waals surface area contributed by atoms with Crippen LogP contribution in [0.15, 0.2) is 12.2 Å². The summed E-state index contributed by atoms with van der Waals surface area (Å²) in [6.45, 7) is 7.45. The third-order valence-electron chi connectivity index (χ3n) is 3.87. The first-order valence-corrected chi connectivity index (χ1v) is 5.61. The highest BCUT2D eigenvalue weighted by Gasteiger charge is 2.39. The molecule has 1 heteroatoms. The summed E-state index contributed by atoms with van der Waals surface area (Å²) in [6.07, 6.45) is 8.60. The van der Waals surface area contributed by atoms with Crippen molar-refractivity contribution < 1.29 is 0 Å². The second-order valence-corrected chi connectivity index (χ2v) is 5.04. The van der Waals surface area contributed by atoms with Crippen LogP contribution in [0.3, 0.4) is 0 Å². The van der Waals surface area contributed by atoms with Gasteiger partial charge >= 0.3 is 0 Å². The molecule has 1 heterocycles. The molecule has 1 saturated heterocycles. The first-order valence-electron chi connectivity index (χ1n) is 5.61. The lowest BCUT2D eigenvalue weighted by Crippen LogP contribution is -2.26. The lowest BCUT2D eigenvalue weighted by atomic mass is 9.72.